The molecule has 0 spiro atoms. The number of hydrogen-bond donors (Lipinski definition) is 2. The van der Waals surface area contributed by atoms with E-state index < -0.39 is 30.0 Å². The van der Waals surface area contributed by atoms with Gasteiger partial charge in [0.15, 0.2) is 0 Å². The second-order valence-electron chi connectivity index (χ2n) is 8.22. The molecule has 5 rings (SSSR count). The Morgan fingerprint density at radius 2 is 1.61 bits per heavy atom. The molecule has 1 fully saturated rings. The first kappa shape index (κ1) is 20.9. The van der Waals surface area contributed by atoms with Crippen LogP contribution in [-0.4, -0.2) is 35.1 Å². The molecule has 1 aliphatic rings. The van der Waals surface area contributed by atoms with Gasteiger partial charge in [-0.1, -0.05) is 72.8 Å². The number of carbonyl (C=O) groups excluding carboxylic acids is 1. The number of H-pyrrole nitrogens is 1. The van der Waals surface area contributed by atoms with Crippen LogP contribution in [0.4, 0.5) is 0 Å². The lowest BCUT2D eigenvalue weighted by Crippen LogP contribution is -2.37. The van der Waals surface area contributed by atoms with Crippen molar-refractivity contribution in [3.8, 4) is 11.1 Å². The molecular weight excluding hydrogens is 418 g/mol. The summed E-state index contributed by atoms with van der Waals surface area (Å²) in [4.78, 5) is 28.0. The molecule has 3 aromatic carbocycles. The molecule has 0 amide bonds. The van der Waals surface area contributed by atoms with E-state index in [9.17, 15) is 14.9 Å². The maximum absolute atomic E-state index is 12.7. The number of benzene rings is 3. The molecule has 0 bridgehead atoms. The first-order valence-corrected chi connectivity index (χ1v) is 10.8. The number of carbonyl (C=O) groups is 1. The summed E-state index contributed by atoms with van der Waals surface area (Å²) in [6.45, 7) is 0. The zero-order valence-corrected chi connectivity index (χ0v) is 18.0. The molecule has 7 nitrogen and oxygen atoms in total. The van der Waals surface area contributed by atoms with Gasteiger partial charge in [-0.15, -0.1) is 0 Å². The largest absolute Gasteiger partial charge is 0.468 e. The number of fused-ring (bicyclic) bond motifs is 1. The van der Waals surface area contributed by atoms with Gasteiger partial charge in [-0.05, 0) is 28.3 Å². The van der Waals surface area contributed by atoms with Gasteiger partial charge in [0.05, 0.1) is 13.0 Å². The summed E-state index contributed by atoms with van der Waals surface area (Å²) < 4.78 is 5.03. The van der Waals surface area contributed by atoms with Crippen molar-refractivity contribution in [1.29, 1.82) is 0 Å². The van der Waals surface area contributed by atoms with E-state index in [1.807, 2.05) is 78.9 Å². The zero-order valence-electron chi connectivity index (χ0n) is 18.0. The molecular formula is C26H23N3O4. The lowest BCUT2D eigenvalue weighted by molar-refractivity contribution is -0.527. The molecule has 2 heterocycles. The number of hydrogen-bond acceptors (Lipinski definition) is 5. The number of aromatic amines is 1. The standard InChI is InChI=1S/C26H23N3O4/c1-33-26(30)24-22(20-15-27-21-10-6-5-9-19(20)21)25(29(31)32)23(28-24)18-13-11-17(12-14-18)16-7-3-2-4-8-16/h2-15,22-25,27-28H,1H3/t22-,23+,24+,25+/m1/s1. The third-order valence-electron chi connectivity index (χ3n) is 6.48. The molecule has 0 aliphatic carbocycles. The SMILES string of the molecule is COC(=O)[C@H]1N[C@@H](c2ccc(-c3ccccc3)cc2)[C@@H]([N+](=O)[O-])[C@@H]1c1c[nH]c2ccccc12. The number of para-hydroxylation sites is 1. The molecule has 4 atom stereocenters. The fraction of sp³-hybridized carbons (Fsp3) is 0.192. The Labute approximate surface area is 190 Å². The molecule has 1 saturated heterocycles. The van der Waals surface area contributed by atoms with Gasteiger partial charge < -0.3 is 9.72 Å². The highest BCUT2D eigenvalue weighted by atomic mass is 16.6. The number of rotatable bonds is 5. The Kier molecular flexibility index (Phi) is 5.40. The summed E-state index contributed by atoms with van der Waals surface area (Å²) in [5, 5.41) is 16.5. The van der Waals surface area contributed by atoms with Crippen molar-refractivity contribution in [3.05, 3.63) is 106 Å². The normalized spacial score (nSPS) is 22.3. The van der Waals surface area contributed by atoms with E-state index in [0.29, 0.717) is 0 Å². The number of esters is 1. The van der Waals surface area contributed by atoms with Crippen LogP contribution in [-0.2, 0) is 9.53 Å². The lowest BCUT2D eigenvalue weighted by atomic mass is 9.85. The van der Waals surface area contributed by atoms with Gasteiger partial charge in [-0.2, -0.15) is 0 Å². The number of methoxy groups -OCH3 is 1. The van der Waals surface area contributed by atoms with Crippen LogP contribution >= 0.6 is 0 Å². The van der Waals surface area contributed by atoms with Gasteiger partial charge in [-0.25, -0.2) is 0 Å². The number of ether oxygens (including phenoxy) is 1. The molecule has 166 valence electrons. The average molecular weight is 441 g/mol. The van der Waals surface area contributed by atoms with Crippen molar-refractivity contribution < 1.29 is 14.5 Å². The molecule has 33 heavy (non-hydrogen) atoms. The predicted molar refractivity (Wildman–Crippen MR) is 125 cm³/mol. The highest BCUT2D eigenvalue weighted by Crippen LogP contribution is 2.43. The van der Waals surface area contributed by atoms with Crippen LogP contribution in [0, 0.1) is 10.1 Å². The molecule has 2 N–H and O–H groups in total. The Bertz CT molecular complexity index is 1300. The van der Waals surface area contributed by atoms with Gasteiger partial charge in [0, 0.05) is 22.0 Å². The third kappa shape index (κ3) is 3.66. The van der Waals surface area contributed by atoms with Gasteiger partial charge in [0.25, 0.3) is 0 Å². The Balaban J connectivity index is 1.57. The van der Waals surface area contributed by atoms with Crippen molar-refractivity contribution in [1.82, 2.24) is 10.3 Å². The first-order valence-electron chi connectivity index (χ1n) is 10.8. The number of nitrogens with one attached hydrogen (secondary N) is 2. The molecule has 1 aliphatic heterocycles. The van der Waals surface area contributed by atoms with E-state index in [0.717, 1.165) is 33.2 Å². The van der Waals surface area contributed by atoms with E-state index >= 15 is 0 Å². The van der Waals surface area contributed by atoms with Gasteiger partial charge in [0.1, 0.15) is 12.1 Å². The summed E-state index contributed by atoms with van der Waals surface area (Å²) in [6.07, 6.45) is 1.77. The van der Waals surface area contributed by atoms with Crippen LogP contribution in [0.25, 0.3) is 22.0 Å². The summed E-state index contributed by atoms with van der Waals surface area (Å²) >= 11 is 0. The second-order valence-corrected chi connectivity index (χ2v) is 8.22. The van der Waals surface area contributed by atoms with Crippen LogP contribution in [0.15, 0.2) is 85.1 Å². The van der Waals surface area contributed by atoms with Crippen LogP contribution in [0.5, 0.6) is 0 Å². The second kappa shape index (κ2) is 8.52. The van der Waals surface area contributed by atoms with Crippen molar-refractivity contribution >= 4 is 16.9 Å². The molecule has 4 aromatic rings. The van der Waals surface area contributed by atoms with Crippen molar-refractivity contribution in [2.75, 3.05) is 7.11 Å². The summed E-state index contributed by atoms with van der Waals surface area (Å²) in [6, 6.07) is 22.7. The highest BCUT2D eigenvalue weighted by Gasteiger charge is 2.55. The molecule has 0 unspecified atom stereocenters. The fourth-order valence-electron chi connectivity index (χ4n) is 4.93. The van der Waals surface area contributed by atoms with Gasteiger partial charge in [-0.3, -0.25) is 20.2 Å². The molecule has 0 saturated carbocycles. The summed E-state index contributed by atoms with van der Waals surface area (Å²) in [5.74, 6) is -1.21. The number of nitro groups is 1. The molecule has 7 heteroatoms. The van der Waals surface area contributed by atoms with Crippen LogP contribution in [0.1, 0.15) is 23.1 Å². The van der Waals surface area contributed by atoms with E-state index in [2.05, 4.69) is 10.3 Å². The van der Waals surface area contributed by atoms with Crippen molar-refractivity contribution in [3.63, 3.8) is 0 Å². The van der Waals surface area contributed by atoms with Crippen LogP contribution in [0.2, 0.25) is 0 Å². The topological polar surface area (TPSA) is 97.3 Å². The predicted octanol–water partition coefficient (Wildman–Crippen LogP) is 4.45. The fourth-order valence-corrected chi connectivity index (χ4v) is 4.93. The zero-order chi connectivity index (χ0) is 22.9. The Morgan fingerprint density at radius 3 is 2.30 bits per heavy atom. The minimum absolute atomic E-state index is 0.280. The van der Waals surface area contributed by atoms with Crippen LogP contribution in [0.3, 0.4) is 0 Å². The molecule has 0 radical (unpaired) electrons. The van der Waals surface area contributed by atoms with Crippen LogP contribution < -0.4 is 5.32 Å². The minimum atomic E-state index is -1.05. The van der Waals surface area contributed by atoms with E-state index in [1.54, 1.807) is 6.20 Å². The minimum Gasteiger partial charge on any atom is -0.468 e. The van der Waals surface area contributed by atoms with Gasteiger partial charge >= 0.3 is 5.97 Å². The van der Waals surface area contributed by atoms with E-state index in [4.69, 9.17) is 4.74 Å². The number of aromatic nitrogens is 1. The third-order valence-corrected chi connectivity index (χ3v) is 6.48. The monoisotopic (exact) mass is 441 g/mol. The van der Waals surface area contributed by atoms with Crippen molar-refractivity contribution in [2.45, 2.75) is 24.0 Å². The molecule has 1 aromatic heterocycles. The summed E-state index contributed by atoms with van der Waals surface area (Å²) in [7, 11) is 1.31. The van der Waals surface area contributed by atoms with E-state index in [1.165, 1.54) is 7.11 Å². The average Bonchev–Trinajstić information content (AvgIpc) is 3.46. The number of nitrogens with zero attached hydrogens (tertiary/aromatic N) is 1. The van der Waals surface area contributed by atoms with Crippen molar-refractivity contribution in [2.24, 2.45) is 0 Å². The summed E-state index contributed by atoms with van der Waals surface area (Å²) in [5.41, 5.74) is 4.45. The first-order chi connectivity index (χ1) is 16.1. The van der Waals surface area contributed by atoms with Gasteiger partial charge in [0.2, 0.25) is 6.04 Å². The smallest absolute Gasteiger partial charge is 0.323 e. The van der Waals surface area contributed by atoms with E-state index in [-0.39, 0.29) is 4.92 Å². The lowest BCUT2D eigenvalue weighted by Gasteiger charge is -2.18. The maximum Gasteiger partial charge on any atom is 0.323 e. The quantitative estimate of drug-likeness (QED) is 0.271. The maximum atomic E-state index is 12.7. The highest BCUT2D eigenvalue weighted by molar-refractivity contribution is 5.86. The Morgan fingerprint density at radius 1 is 0.939 bits per heavy atom. The Hall–Kier alpha value is -3.97.